The number of hydrogen-bond acceptors (Lipinski definition) is 6. The number of aromatic nitrogens is 1. The van der Waals surface area contributed by atoms with Crippen molar-refractivity contribution in [2.75, 3.05) is 54.9 Å². The lowest BCUT2D eigenvalue weighted by Crippen LogP contribution is -2.46. The number of anilines is 2. The van der Waals surface area contributed by atoms with Crippen molar-refractivity contribution in [1.29, 1.82) is 0 Å². The highest BCUT2D eigenvalue weighted by Crippen LogP contribution is 2.38. The largest absolute Gasteiger partial charge is 0.361 e. The quantitative estimate of drug-likeness (QED) is 0.545. The van der Waals surface area contributed by atoms with Gasteiger partial charge in [-0.05, 0) is 55.2 Å². The minimum Gasteiger partial charge on any atom is -0.361 e. The molecule has 2 aromatic carbocycles. The van der Waals surface area contributed by atoms with E-state index in [2.05, 4.69) is 63.2 Å². The number of nitrogens with zero attached hydrogens (tertiary/aromatic N) is 4. The Balaban J connectivity index is 1.07. The molecular formula is C22H26N4S2. The van der Waals surface area contributed by atoms with E-state index in [9.17, 15) is 0 Å². The van der Waals surface area contributed by atoms with E-state index >= 15 is 0 Å². The lowest BCUT2D eigenvalue weighted by atomic mass is 10.2. The molecule has 0 amide bonds. The van der Waals surface area contributed by atoms with Gasteiger partial charge in [0.1, 0.15) is 5.82 Å². The number of fused-ring (bicyclic) bond motifs is 2. The summed E-state index contributed by atoms with van der Waals surface area (Å²) in [7, 11) is 0. The summed E-state index contributed by atoms with van der Waals surface area (Å²) in [5.41, 5.74) is 1.43. The minimum absolute atomic E-state index is 1.09. The highest BCUT2D eigenvalue weighted by atomic mass is 32.2. The van der Waals surface area contributed by atoms with Crippen molar-refractivity contribution in [3.8, 4) is 0 Å². The van der Waals surface area contributed by atoms with Crippen LogP contribution in [0.1, 0.15) is 12.8 Å². The van der Waals surface area contributed by atoms with E-state index in [4.69, 9.17) is 4.37 Å². The maximum atomic E-state index is 4.72. The van der Waals surface area contributed by atoms with Crippen molar-refractivity contribution in [1.82, 2.24) is 9.27 Å². The zero-order valence-corrected chi connectivity index (χ0v) is 17.7. The molecule has 28 heavy (non-hydrogen) atoms. The maximum absolute atomic E-state index is 4.72. The first-order valence-corrected chi connectivity index (χ1v) is 11.9. The summed E-state index contributed by atoms with van der Waals surface area (Å²) in [4.78, 5) is 9.06. The molecule has 0 spiro atoms. The van der Waals surface area contributed by atoms with Crippen LogP contribution in [0.25, 0.3) is 10.1 Å². The molecule has 3 aromatic rings. The standard InChI is InChI=1S/C22H26N4S2/c1-3-9-20-18(7-1)22(23-28-20)25-15-13-24(14-16-25)11-5-6-12-26-17-27-21-10-4-2-8-19(21)26/h1-4,7-10H,5-6,11-17H2. The molecule has 0 unspecified atom stereocenters. The van der Waals surface area contributed by atoms with Gasteiger partial charge >= 0.3 is 0 Å². The molecule has 3 heterocycles. The summed E-state index contributed by atoms with van der Waals surface area (Å²) >= 11 is 3.59. The molecular weight excluding hydrogens is 384 g/mol. The van der Waals surface area contributed by atoms with Gasteiger partial charge in [0.15, 0.2) is 0 Å². The maximum Gasteiger partial charge on any atom is 0.150 e. The Morgan fingerprint density at radius 1 is 0.857 bits per heavy atom. The number of unbranched alkanes of at least 4 members (excludes halogenated alkanes) is 1. The lowest BCUT2D eigenvalue weighted by Gasteiger charge is -2.35. The first-order valence-electron chi connectivity index (χ1n) is 10.2. The monoisotopic (exact) mass is 410 g/mol. The van der Waals surface area contributed by atoms with E-state index in [-0.39, 0.29) is 0 Å². The SMILES string of the molecule is c1ccc2c(c1)SCN2CCCCN1CCN(c2nsc3ccccc23)CC1. The first kappa shape index (κ1) is 18.3. The van der Waals surface area contributed by atoms with Gasteiger partial charge in [-0.1, -0.05) is 24.3 Å². The van der Waals surface area contributed by atoms with Crippen molar-refractivity contribution in [3.63, 3.8) is 0 Å². The van der Waals surface area contributed by atoms with Gasteiger partial charge in [0.2, 0.25) is 0 Å². The van der Waals surface area contributed by atoms with Crippen molar-refractivity contribution >= 4 is 44.9 Å². The molecule has 4 nitrogen and oxygen atoms in total. The molecule has 0 atom stereocenters. The smallest absolute Gasteiger partial charge is 0.150 e. The van der Waals surface area contributed by atoms with Crippen molar-refractivity contribution in [2.45, 2.75) is 17.7 Å². The predicted octanol–water partition coefficient (Wildman–Crippen LogP) is 4.77. The van der Waals surface area contributed by atoms with E-state index in [1.165, 1.54) is 52.4 Å². The van der Waals surface area contributed by atoms with Gasteiger partial charge in [-0.3, -0.25) is 4.90 Å². The third-order valence-electron chi connectivity index (χ3n) is 5.76. The Morgan fingerprint density at radius 3 is 2.57 bits per heavy atom. The number of rotatable bonds is 6. The van der Waals surface area contributed by atoms with Gasteiger partial charge in [-0.25, -0.2) is 0 Å². The Morgan fingerprint density at radius 2 is 1.64 bits per heavy atom. The van der Waals surface area contributed by atoms with Crippen LogP contribution >= 0.6 is 23.3 Å². The van der Waals surface area contributed by atoms with Crippen LogP contribution in [0, 0.1) is 0 Å². The Hall–Kier alpha value is -1.76. The van der Waals surface area contributed by atoms with E-state index in [0.717, 1.165) is 32.1 Å². The Labute approximate surface area is 175 Å². The fourth-order valence-corrected chi connectivity index (χ4v) is 6.04. The van der Waals surface area contributed by atoms with Crippen LogP contribution in [0.2, 0.25) is 0 Å². The number of thioether (sulfide) groups is 1. The fourth-order valence-electron chi connectivity index (χ4n) is 4.16. The first-order chi connectivity index (χ1) is 13.9. The number of piperazine rings is 1. The van der Waals surface area contributed by atoms with Crippen LogP contribution in [-0.4, -0.2) is 54.4 Å². The minimum atomic E-state index is 1.09. The Bertz CT molecular complexity index is 933. The molecule has 2 aliphatic rings. The van der Waals surface area contributed by atoms with Crippen molar-refractivity contribution in [3.05, 3.63) is 48.5 Å². The third kappa shape index (κ3) is 3.73. The van der Waals surface area contributed by atoms with Gasteiger partial charge in [-0.15, -0.1) is 11.8 Å². The predicted molar refractivity (Wildman–Crippen MR) is 122 cm³/mol. The molecule has 0 saturated carbocycles. The average Bonchev–Trinajstić information content (AvgIpc) is 3.36. The molecule has 1 saturated heterocycles. The molecule has 2 aliphatic heterocycles. The van der Waals surface area contributed by atoms with Crippen molar-refractivity contribution in [2.24, 2.45) is 0 Å². The molecule has 1 fully saturated rings. The zero-order valence-electron chi connectivity index (χ0n) is 16.1. The van der Waals surface area contributed by atoms with Gasteiger partial charge in [-0.2, -0.15) is 4.37 Å². The van der Waals surface area contributed by atoms with Gasteiger partial charge in [0, 0.05) is 43.0 Å². The number of para-hydroxylation sites is 1. The molecule has 146 valence electrons. The third-order valence-corrected chi connectivity index (χ3v) is 7.68. The summed E-state index contributed by atoms with van der Waals surface area (Å²) in [6.07, 6.45) is 2.55. The van der Waals surface area contributed by atoms with Crippen LogP contribution in [0.4, 0.5) is 11.5 Å². The molecule has 6 heteroatoms. The van der Waals surface area contributed by atoms with E-state index < -0.39 is 0 Å². The van der Waals surface area contributed by atoms with Gasteiger partial charge in [0.05, 0.1) is 16.3 Å². The molecule has 0 bridgehead atoms. The van der Waals surface area contributed by atoms with Crippen LogP contribution < -0.4 is 9.80 Å². The van der Waals surface area contributed by atoms with E-state index in [1.54, 1.807) is 11.5 Å². The molecule has 0 aliphatic carbocycles. The van der Waals surface area contributed by atoms with E-state index in [1.807, 2.05) is 11.8 Å². The average molecular weight is 411 g/mol. The highest BCUT2D eigenvalue weighted by Gasteiger charge is 2.21. The number of hydrogen-bond donors (Lipinski definition) is 0. The second-order valence-corrected chi connectivity index (χ2v) is 9.33. The Kier molecular flexibility index (Phi) is 5.43. The molecule has 0 radical (unpaired) electrons. The molecule has 5 rings (SSSR count). The lowest BCUT2D eigenvalue weighted by molar-refractivity contribution is 0.253. The summed E-state index contributed by atoms with van der Waals surface area (Å²) < 4.78 is 6.02. The normalized spacial score (nSPS) is 17.4. The zero-order chi connectivity index (χ0) is 18.8. The number of benzene rings is 2. The van der Waals surface area contributed by atoms with Crippen LogP contribution in [0.15, 0.2) is 53.4 Å². The second-order valence-electron chi connectivity index (χ2n) is 7.54. The summed E-state index contributed by atoms with van der Waals surface area (Å²) in [5.74, 6) is 2.30. The van der Waals surface area contributed by atoms with Gasteiger partial charge < -0.3 is 9.80 Å². The summed E-state index contributed by atoms with van der Waals surface area (Å²) in [6, 6.07) is 17.4. The van der Waals surface area contributed by atoms with Crippen LogP contribution in [0.5, 0.6) is 0 Å². The topological polar surface area (TPSA) is 22.6 Å². The van der Waals surface area contributed by atoms with Crippen LogP contribution in [0.3, 0.4) is 0 Å². The highest BCUT2D eigenvalue weighted by molar-refractivity contribution is 7.99. The summed E-state index contributed by atoms with van der Waals surface area (Å²) in [5, 5.41) is 1.31. The molecule has 1 aromatic heterocycles. The molecule has 0 N–H and O–H groups in total. The van der Waals surface area contributed by atoms with E-state index in [0.29, 0.717) is 0 Å². The summed E-state index contributed by atoms with van der Waals surface area (Å²) in [6.45, 7) is 6.86. The second kappa shape index (κ2) is 8.31. The van der Waals surface area contributed by atoms with Gasteiger partial charge in [0.25, 0.3) is 0 Å². The van der Waals surface area contributed by atoms with Crippen LogP contribution in [-0.2, 0) is 0 Å². The van der Waals surface area contributed by atoms with Crippen molar-refractivity contribution < 1.29 is 0 Å². The fraction of sp³-hybridized carbons (Fsp3) is 0.409.